The average molecular weight is 323 g/mol. The number of rotatable bonds is 5. The predicted octanol–water partition coefficient (Wildman–Crippen LogP) is 3.07. The minimum absolute atomic E-state index is 0.146. The fraction of sp³-hybridized carbons (Fsp3) is 0.824. The van der Waals surface area contributed by atoms with Gasteiger partial charge < -0.3 is 10.2 Å². The SMILES string of the molecule is CCC1(CNC(=O)ON=C(C)C(=O)N2CCCC2)CCCCC1. The van der Waals surface area contributed by atoms with Crippen molar-refractivity contribution in [3.63, 3.8) is 0 Å². The lowest BCUT2D eigenvalue weighted by Crippen LogP contribution is -2.38. The van der Waals surface area contributed by atoms with E-state index in [1.807, 2.05) is 0 Å². The summed E-state index contributed by atoms with van der Waals surface area (Å²) in [6, 6.07) is 0. The van der Waals surface area contributed by atoms with E-state index in [1.165, 1.54) is 19.3 Å². The highest BCUT2D eigenvalue weighted by molar-refractivity contribution is 6.37. The molecule has 2 aliphatic rings. The summed E-state index contributed by atoms with van der Waals surface area (Å²) in [4.78, 5) is 30.5. The number of likely N-dealkylation sites (tertiary alicyclic amines) is 1. The van der Waals surface area contributed by atoms with Gasteiger partial charge >= 0.3 is 6.09 Å². The summed E-state index contributed by atoms with van der Waals surface area (Å²) in [5.41, 5.74) is 0.423. The smallest absolute Gasteiger partial charge is 0.338 e. The molecule has 23 heavy (non-hydrogen) atoms. The van der Waals surface area contributed by atoms with Crippen LogP contribution in [-0.2, 0) is 9.63 Å². The lowest BCUT2D eigenvalue weighted by Gasteiger charge is -2.36. The molecule has 1 aliphatic heterocycles. The number of carbonyl (C=O) groups excluding carboxylic acids is 2. The Kier molecular flexibility index (Phi) is 6.42. The molecule has 1 N–H and O–H groups in total. The van der Waals surface area contributed by atoms with E-state index in [4.69, 9.17) is 4.84 Å². The third kappa shape index (κ3) is 4.94. The van der Waals surface area contributed by atoms with Gasteiger partial charge in [0.2, 0.25) is 0 Å². The van der Waals surface area contributed by atoms with E-state index in [2.05, 4.69) is 17.4 Å². The molecule has 0 aromatic heterocycles. The highest BCUT2D eigenvalue weighted by Crippen LogP contribution is 2.38. The van der Waals surface area contributed by atoms with Gasteiger partial charge in [-0.05, 0) is 44.4 Å². The fourth-order valence-electron chi connectivity index (χ4n) is 3.55. The van der Waals surface area contributed by atoms with Crippen molar-refractivity contribution in [3.8, 4) is 0 Å². The Morgan fingerprint density at radius 3 is 2.39 bits per heavy atom. The minimum Gasteiger partial charge on any atom is -0.338 e. The summed E-state index contributed by atoms with van der Waals surface area (Å²) >= 11 is 0. The van der Waals surface area contributed by atoms with Crippen molar-refractivity contribution in [2.45, 2.75) is 65.2 Å². The molecule has 6 nitrogen and oxygen atoms in total. The first-order valence-corrected chi connectivity index (χ1v) is 8.85. The van der Waals surface area contributed by atoms with Crippen molar-refractivity contribution in [2.75, 3.05) is 19.6 Å². The van der Waals surface area contributed by atoms with Gasteiger partial charge in [0, 0.05) is 19.6 Å². The Balaban J connectivity index is 1.77. The third-order valence-electron chi connectivity index (χ3n) is 5.24. The largest absolute Gasteiger partial charge is 0.433 e. The molecular weight excluding hydrogens is 294 g/mol. The zero-order valence-electron chi connectivity index (χ0n) is 14.4. The number of hydrogen-bond donors (Lipinski definition) is 1. The number of carbonyl (C=O) groups is 2. The van der Waals surface area contributed by atoms with Gasteiger partial charge in [-0.3, -0.25) is 9.63 Å². The van der Waals surface area contributed by atoms with Crippen LogP contribution in [0.25, 0.3) is 0 Å². The molecule has 2 rings (SSSR count). The van der Waals surface area contributed by atoms with E-state index in [9.17, 15) is 9.59 Å². The molecule has 0 radical (unpaired) electrons. The summed E-state index contributed by atoms with van der Waals surface area (Å²) in [5, 5.41) is 6.51. The van der Waals surface area contributed by atoms with Crippen molar-refractivity contribution >= 4 is 17.7 Å². The Bertz CT molecular complexity index is 450. The first kappa shape index (κ1) is 17.8. The van der Waals surface area contributed by atoms with Gasteiger partial charge in [-0.1, -0.05) is 31.3 Å². The van der Waals surface area contributed by atoms with Crippen LogP contribution in [-0.4, -0.2) is 42.2 Å². The molecule has 0 unspecified atom stereocenters. The van der Waals surface area contributed by atoms with Gasteiger partial charge in [0.05, 0.1) is 0 Å². The highest BCUT2D eigenvalue weighted by Gasteiger charge is 2.30. The van der Waals surface area contributed by atoms with Crippen molar-refractivity contribution in [2.24, 2.45) is 10.6 Å². The van der Waals surface area contributed by atoms with E-state index in [0.29, 0.717) is 6.54 Å². The molecular formula is C17H29N3O3. The summed E-state index contributed by atoms with van der Waals surface area (Å²) in [6.07, 6.45) is 8.59. The van der Waals surface area contributed by atoms with Crippen LogP contribution in [0.4, 0.5) is 4.79 Å². The molecule has 0 bridgehead atoms. The van der Waals surface area contributed by atoms with Gasteiger partial charge in [-0.15, -0.1) is 0 Å². The molecule has 0 aromatic carbocycles. The Hall–Kier alpha value is -1.59. The zero-order valence-corrected chi connectivity index (χ0v) is 14.4. The molecule has 0 aromatic rings. The molecule has 0 spiro atoms. The molecule has 1 saturated heterocycles. The van der Waals surface area contributed by atoms with Crippen molar-refractivity contribution in [3.05, 3.63) is 0 Å². The monoisotopic (exact) mass is 323 g/mol. The maximum atomic E-state index is 12.0. The zero-order chi connectivity index (χ0) is 16.7. The minimum atomic E-state index is -0.572. The van der Waals surface area contributed by atoms with Crippen LogP contribution in [0.2, 0.25) is 0 Å². The van der Waals surface area contributed by atoms with Crippen LogP contribution in [0, 0.1) is 5.41 Å². The summed E-state index contributed by atoms with van der Waals surface area (Å²) in [5.74, 6) is -0.146. The van der Waals surface area contributed by atoms with E-state index >= 15 is 0 Å². The second kappa shape index (κ2) is 8.31. The molecule has 1 heterocycles. The van der Waals surface area contributed by atoms with E-state index in [1.54, 1.807) is 11.8 Å². The van der Waals surface area contributed by atoms with Gasteiger partial charge in [0.25, 0.3) is 5.91 Å². The van der Waals surface area contributed by atoms with Crippen LogP contribution in [0.1, 0.15) is 65.2 Å². The van der Waals surface area contributed by atoms with Gasteiger partial charge in [-0.25, -0.2) is 4.79 Å². The topological polar surface area (TPSA) is 71.0 Å². The summed E-state index contributed by atoms with van der Waals surface area (Å²) in [7, 11) is 0. The van der Waals surface area contributed by atoms with Crippen LogP contribution in [0.5, 0.6) is 0 Å². The quantitative estimate of drug-likeness (QED) is 0.480. The molecule has 1 saturated carbocycles. The number of amides is 2. The lowest BCUT2D eigenvalue weighted by atomic mass is 9.72. The first-order chi connectivity index (χ1) is 11.1. The van der Waals surface area contributed by atoms with E-state index in [-0.39, 0.29) is 17.0 Å². The summed E-state index contributed by atoms with van der Waals surface area (Å²) in [6.45, 7) is 5.91. The van der Waals surface area contributed by atoms with E-state index < -0.39 is 6.09 Å². The molecule has 6 heteroatoms. The predicted molar refractivity (Wildman–Crippen MR) is 89.2 cm³/mol. The highest BCUT2D eigenvalue weighted by atomic mass is 16.7. The number of hydrogen-bond acceptors (Lipinski definition) is 4. The summed E-state index contributed by atoms with van der Waals surface area (Å²) < 4.78 is 0. The van der Waals surface area contributed by atoms with Crippen molar-refractivity contribution in [1.29, 1.82) is 0 Å². The van der Waals surface area contributed by atoms with Gasteiger partial charge in [-0.2, -0.15) is 0 Å². The Labute approximate surface area is 138 Å². The van der Waals surface area contributed by atoms with Crippen LogP contribution < -0.4 is 5.32 Å². The standard InChI is InChI=1S/C17H29N3O3/c1-3-17(9-5-4-6-10-17)13-18-16(22)23-19-14(2)15(21)20-11-7-8-12-20/h3-13H2,1-2H3,(H,18,22). The van der Waals surface area contributed by atoms with Crippen LogP contribution >= 0.6 is 0 Å². The van der Waals surface area contributed by atoms with E-state index in [0.717, 1.165) is 45.2 Å². The first-order valence-electron chi connectivity index (χ1n) is 8.85. The second-order valence-corrected chi connectivity index (χ2v) is 6.82. The second-order valence-electron chi connectivity index (χ2n) is 6.82. The number of nitrogens with one attached hydrogen (secondary N) is 1. The maximum absolute atomic E-state index is 12.0. The van der Waals surface area contributed by atoms with Crippen LogP contribution in [0.3, 0.4) is 0 Å². The maximum Gasteiger partial charge on any atom is 0.433 e. The van der Waals surface area contributed by atoms with Gasteiger partial charge in [0.1, 0.15) is 5.71 Å². The van der Waals surface area contributed by atoms with Crippen molar-refractivity contribution in [1.82, 2.24) is 10.2 Å². The Morgan fingerprint density at radius 2 is 1.78 bits per heavy atom. The number of nitrogens with zero attached hydrogens (tertiary/aromatic N) is 2. The van der Waals surface area contributed by atoms with Gasteiger partial charge in [0.15, 0.2) is 0 Å². The molecule has 130 valence electrons. The molecule has 2 fully saturated rings. The van der Waals surface area contributed by atoms with Crippen LogP contribution in [0.15, 0.2) is 5.16 Å². The molecule has 1 aliphatic carbocycles. The number of oxime groups is 1. The Morgan fingerprint density at radius 1 is 1.13 bits per heavy atom. The average Bonchev–Trinajstić information content (AvgIpc) is 3.12. The molecule has 2 amide bonds. The van der Waals surface area contributed by atoms with Crippen molar-refractivity contribution < 1.29 is 14.4 Å². The molecule has 0 atom stereocenters. The lowest BCUT2D eigenvalue weighted by molar-refractivity contribution is -0.123. The normalized spacial score (nSPS) is 21.1. The third-order valence-corrected chi connectivity index (χ3v) is 5.24. The fourth-order valence-corrected chi connectivity index (χ4v) is 3.55.